The summed E-state index contributed by atoms with van der Waals surface area (Å²) in [6.45, 7) is 5.43. The largest absolute Gasteiger partial charge is 0.329 e. The molecule has 2 heterocycles. The van der Waals surface area contributed by atoms with Crippen LogP contribution in [0.15, 0.2) is 30.5 Å². The molecule has 5 nitrogen and oxygen atoms in total. The van der Waals surface area contributed by atoms with Crippen LogP contribution in [0.1, 0.15) is 45.2 Å². The van der Waals surface area contributed by atoms with Crippen LogP contribution in [-0.4, -0.2) is 22.0 Å². The molecule has 134 valence electrons. The van der Waals surface area contributed by atoms with Crippen LogP contribution in [0.4, 0.5) is 5.69 Å². The summed E-state index contributed by atoms with van der Waals surface area (Å²) >= 11 is 0. The fraction of sp³-hybridized carbons (Fsp3) is 0.500. The highest BCUT2D eigenvalue weighted by Gasteiger charge is 2.33. The van der Waals surface area contributed by atoms with Crippen molar-refractivity contribution in [2.45, 2.75) is 52.5 Å². The van der Waals surface area contributed by atoms with E-state index in [1.54, 1.807) is 0 Å². The molecule has 3 N–H and O–H groups in total. The van der Waals surface area contributed by atoms with E-state index >= 15 is 0 Å². The van der Waals surface area contributed by atoms with Crippen molar-refractivity contribution in [3.63, 3.8) is 0 Å². The van der Waals surface area contributed by atoms with Gasteiger partial charge in [-0.2, -0.15) is 0 Å². The van der Waals surface area contributed by atoms with Gasteiger partial charge in [0.2, 0.25) is 5.91 Å². The fourth-order valence-electron chi connectivity index (χ4n) is 3.59. The Morgan fingerprint density at radius 1 is 1.24 bits per heavy atom. The van der Waals surface area contributed by atoms with Crippen LogP contribution in [0, 0.1) is 5.41 Å². The number of nitrogens with zero attached hydrogens (tertiary/aromatic N) is 2. The van der Waals surface area contributed by atoms with Gasteiger partial charge in [0, 0.05) is 36.2 Å². The van der Waals surface area contributed by atoms with E-state index in [1.807, 2.05) is 44.3 Å². The Morgan fingerprint density at radius 2 is 1.96 bits per heavy atom. The monoisotopic (exact) mass is 340 g/mol. The third-order valence-corrected chi connectivity index (χ3v) is 5.63. The van der Waals surface area contributed by atoms with E-state index in [0.717, 1.165) is 42.9 Å². The summed E-state index contributed by atoms with van der Waals surface area (Å²) in [6.07, 6.45) is 7.03. The number of aryl methyl sites for hydroxylation is 1. The maximum Gasteiger partial charge on any atom is 0.231 e. The molecule has 0 spiro atoms. The lowest BCUT2D eigenvalue weighted by Gasteiger charge is -2.28. The van der Waals surface area contributed by atoms with Gasteiger partial charge in [0.25, 0.3) is 0 Å². The van der Waals surface area contributed by atoms with Crippen molar-refractivity contribution in [1.82, 2.24) is 9.55 Å². The first-order chi connectivity index (χ1) is 12.1. The van der Waals surface area contributed by atoms with Gasteiger partial charge in [0.05, 0.1) is 5.41 Å². The van der Waals surface area contributed by atoms with Crippen LogP contribution in [0.2, 0.25) is 0 Å². The van der Waals surface area contributed by atoms with Crippen molar-refractivity contribution in [2.75, 3.05) is 11.9 Å². The van der Waals surface area contributed by atoms with Crippen LogP contribution >= 0.6 is 0 Å². The number of nitrogens with one attached hydrogen (secondary N) is 1. The van der Waals surface area contributed by atoms with Crippen LogP contribution < -0.4 is 11.1 Å². The number of benzene rings is 1. The second-order valence-corrected chi connectivity index (χ2v) is 6.90. The van der Waals surface area contributed by atoms with E-state index in [4.69, 9.17) is 5.73 Å². The minimum absolute atomic E-state index is 0.00550. The topological polar surface area (TPSA) is 72.9 Å². The van der Waals surface area contributed by atoms with Crippen molar-refractivity contribution in [3.05, 3.63) is 36.2 Å². The number of anilines is 1. The molecule has 0 unspecified atom stereocenters. The highest BCUT2D eigenvalue weighted by molar-refractivity contribution is 5.95. The number of carbonyl (C=O) groups excluding carboxylic acids is 1. The molecule has 0 bridgehead atoms. The van der Waals surface area contributed by atoms with E-state index in [-0.39, 0.29) is 5.91 Å². The zero-order valence-corrected chi connectivity index (χ0v) is 15.2. The molecule has 0 atom stereocenters. The van der Waals surface area contributed by atoms with Crippen LogP contribution in [0.5, 0.6) is 0 Å². The highest BCUT2D eigenvalue weighted by atomic mass is 16.2. The quantitative estimate of drug-likeness (QED) is 0.844. The predicted molar refractivity (Wildman–Crippen MR) is 101 cm³/mol. The number of carbonyl (C=O) groups is 1. The summed E-state index contributed by atoms with van der Waals surface area (Å²) in [4.78, 5) is 17.2. The first kappa shape index (κ1) is 17.7. The van der Waals surface area contributed by atoms with Gasteiger partial charge in [-0.25, -0.2) is 4.98 Å². The summed E-state index contributed by atoms with van der Waals surface area (Å²) in [5.41, 5.74) is 8.59. The van der Waals surface area contributed by atoms with Crippen molar-refractivity contribution in [3.8, 4) is 11.4 Å². The van der Waals surface area contributed by atoms with Crippen molar-refractivity contribution in [2.24, 2.45) is 11.1 Å². The maximum absolute atomic E-state index is 12.6. The SMILES string of the molecule is CCC(CC)(CN)C(=O)Nc1ccc(-c2ncc3n2CCCC3)cc1. The van der Waals surface area contributed by atoms with Gasteiger partial charge in [0.15, 0.2) is 0 Å². The van der Waals surface area contributed by atoms with Gasteiger partial charge < -0.3 is 15.6 Å². The van der Waals surface area contributed by atoms with Crippen molar-refractivity contribution in [1.29, 1.82) is 0 Å². The lowest BCUT2D eigenvalue weighted by Crippen LogP contribution is -2.41. The molecule has 1 aliphatic heterocycles. The Morgan fingerprint density at radius 3 is 2.60 bits per heavy atom. The van der Waals surface area contributed by atoms with E-state index in [1.165, 1.54) is 18.5 Å². The molecule has 0 radical (unpaired) electrons. The van der Waals surface area contributed by atoms with Crippen molar-refractivity contribution >= 4 is 11.6 Å². The zero-order valence-electron chi connectivity index (χ0n) is 15.2. The number of hydrogen-bond acceptors (Lipinski definition) is 3. The third-order valence-electron chi connectivity index (χ3n) is 5.63. The molecular weight excluding hydrogens is 312 g/mol. The van der Waals surface area contributed by atoms with Gasteiger partial charge in [-0.3, -0.25) is 4.79 Å². The molecule has 0 saturated carbocycles. The third kappa shape index (κ3) is 3.33. The normalized spacial score (nSPS) is 14.2. The summed E-state index contributed by atoms with van der Waals surface area (Å²) in [5, 5.41) is 3.02. The summed E-state index contributed by atoms with van der Waals surface area (Å²) in [6, 6.07) is 7.96. The minimum atomic E-state index is -0.485. The van der Waals surface area contributed by atoms with Gasteiger partial charge in [-0.1, -0.05) is 13.8 Å². The molecular formula is C20H28N4O. The minimum Gasteiger partial charge on any atom is -0.329 e. The molecule has 0 aliphatic carbocycles. The molecule has 1 aromatic carbocycles. The molecule has 25 heavy (non-hydrogen) atoms. The van der Waals surface area contributed by atoms with E-state index < -0.39 is 5.41 Å². The molecule has 5 heteroatoms. The summed E-state index contributed by atoms with van der Waals surface area (Å²) in [7, 11) is 0. The molecule has 1 amide bonds. The van der Waals surface area contributed by atoms with Gasteiger partial charge in [0.1, 0.15) is 5.82 Å². The number of hydrogen-bond donors (Lipinski definition) is 2. The molecule has 3 rings (SSSR count). The maximum atomic E-state index is 12.6. The number of amides is 1. The lowest BCUT2D eigenvalue weighted by atomic mass is 9.81. The van der Waals surface area contributed by atoms with Gasteiger partial charge in [-0.15, -0.1) is 0 Å². The number of imidazole rings is 1. The molecule has 0 saturated heterocycles. The van der Waals surface area contributed by atoms with Crippen LogP contribution in [0.3, 0.4) is 0 Å². The molecule has 1 aliphatic rings. The van der Waals surface area contributed by atoms with E-state index in [0.29, 0.717) is 6.54 Å². The Balaban J connectivity index is 1.77. The predicted octanol–water partition coefficient (Wildman–Crippen LogP) is 3.59. The standard InChI is InChI=1S/C20H28N4O/c1-3-20(4-2,14-21)19(25)23-16-10-8-15(9-11-16)18-22-13-17-7-5-6-12-24(17)18/h8-11,13H,3-7,12,14,21H2,1-2H3,(H,23,25). The summed E-state index contributed by atoms with van der Waals surface area (Å²) in [5.74, 6) is 1.02. The molecule has 0 fully saturated rings. The van der Waals surface area contributed by atoms with Crippen LogP contribution in [0.25, 0.3) is 11.4 Å². The number of fused-ring (bicyclic) bond motifs is 1. The second-order valence-electron chi connectivity index (χ2n) is 6.90. The molecule has 2 aromatic rings. The van der Waals surface area contributed by atoms with Crippen LogP contribution in [-0.2, 0) is 17.8 Å². The number of aromatic nitrogens is 2. The summed E-state index contributed by atoms with van der Waals surface area (Å²) < 4.78 is 2.31. The average molecular weight is 340 g/mol. The second kappa shape index (κ2) is 7.40. The Kier molecular flexibility index (Phi) is 5.23. The van der Waals surface area contributed by atoms with E-state index in [2.05, 4.69) is 14.9 Å². The Bertz CT molecular complexity index is 720. The average Bonchev–Trinajstić information content (AvgIpc) is 3.08. The van der Waals surface area contributed by atoms with Gasteiger partial charge in [-0.05, 0) is 56.4 Å². The fourth-order valence-corrected chi connectivity index (χ4v) is 3.59. The zero-order chi connectivity index (χ0) is 17.9. The van der Waals surface area contributed by atoms with E-state index in [9.17, 15) is 4.79 Å². The Hall–Kier alpha value is -2.14. The number of rotatable bonds is 6. The lowest BCUT2D eigenvalue weighted by molar-refractivity contribution is -0.125. The van der Waals surface area contributed by atoms with Crippen molar-refractivity contribution < 1.29 is 4.79 Å². The smallest absolute Gasteiger partial charge is 0.231 e. The molecule has 1 aromatic heterocycles. The number of nitrogens with two attached hydrogens (primary N) is 1. The Labute approximate surface area is 149 Å². The highest BCUT2D eigenvalue weighted by Crippen LogP contribution is 2.28. The first-order valence-electron chi connectivity index (χ1n) is 9.30. The van der Waals surface area contributed by atoms with Gasteiger partial charge >= 0.3 is 0 Å². The first-order valence-corrected chi connectivity index (χ1v) is 9.30.